The van der Waals surface area contributed by atoms with Gasteiger partial charge >= 0.3 is 0 Å². The van der Waals surface area contributed by atoms with E-state index in [1.54, 1.807) is 18.2 Å². The monoisotopic (exact) mass is 319 g/mol. The van der Waals surface area contributed by atoms with Crippen molar-refractivity contribution < 1.29 is 12.8 Å². The number of aromatic nitrogens is 5. The summed E-state index contributed by atoms with van der Waals surface area (Å²) in [5.74, 6) is -0.566. The molecule has 9 heteroatoms. The molecule has 0 unspecified atom stereocenters. The third-order valence-corrected chi connectivity index (χ3v) is 4.12. The summed E-state index contributed by atoms with van der Waals surface area (Å²) in [5, 5.41) is 13.4. The maximum absolute atomic E-state index is 13.4. The van der Waals surface area contributed by atoms with Crippen LogP contribution in [0.15, 0.2) is 41.3 Å². The minimum Gasteiger partial charge on any atom is -0.224 e. The molecular weight excluding hydrogens is 309 g/mol. The zero-order chi connectivity index (χ0) is 15.7. The molecule has 0 saturated carbocycles. The van der Waals surface area contributed by atoms with E-state index in [0.29, 0.717) is 5.56 Å². The van der Waals surface area contributed by atoms with Crippen molar-refractivity contribution in [1.82, 2.24) is 25.6 Å². The van der Waals surface area contributed by atoms with E-state index in [4.69, 9.17) is 0 Å². The van der Waals surface area contributed by atoms with E-state index in [9.17, 15) is 12.8 Å². The number of hydrogen-bond donors (Lipinski definition) is 1. The van der Waals surface area contributed by atoms with Crippen LogP contribution in [0.4, 0.5) is 4.39 Å². The summed E-state index contributed by atoms with van der Waals surface area (Å²) in [6.07, 6.45) is 1.08. The molecule has 0 aliphatic heterocycles. The number of rotatable bonds is 3. The van der Waals surface area contributed by atoms with Gasteiger partial charge in [0.1, 0.15) is 0 Å². The van der Waals surface area contributed by atoms with Gasteiger partial charge in [-0.2, -0.15) is 9.60 Å². The van der Waals surface area contributed by atoms with Crippen molar-refractivity contribution in [1.29, 1.82) is 0 Å². The lowest BCUT2D eigenvalue weighted by atomic mass is 10.0. The average Bonchev–Trinajstić information content (AvgIpc) is 2.99. The van der Waals surface area contributed by atoms with Gasteiger partial charge in [-0.1, -0.05) is 18.2 Å². The van der Waals surface area contributed by atoms with Crippen LogP contribution >= 0.6 is 0 Å². The van der Waals surface area contributed by atoms with Crippen LogP contribution in [0.2, 0.25) is 0 Å². The van der Waals surface area contributed by atoms with E-state index in [1.807, 2.05) is 0 Å². The van der Waals surface area contributed by atoms with Crippen LogP contribution in [0.1, 0.15) is 0 Å². The molecule has 112 valence electrons. The summed E-state index contributed by atoms with van der Waals surface area (Å²) in [5.41, 5.74) is 0.922. The first-order valence-corrected chi connectivity index (χ1v) is 8.06. The highest BCUT2D eigenvalue weighted by Gasteiger charge is 2.22. The number of hydrogen-bond acceptors (Lipinski definition) is 6. The summed E-state index contributed by atoms with van der Waals surface area (Å²) in [6, 6.07) is 8.89. The number of sulfone groups is 1. The Kier molecular flexibility index (Phi) is 3.41. The molecule has 0 aliphatic carbocycles. The molecule has 2 heterocycles. The summed E-state index contributed by atoms with van der Waals surface area (Å²) < 4.78 is 37.4. The third kappa shape index (κ3) is 2.58. The lowest BCUT2D eigenvalue weighted by Gasteiger charge is -2.10. The molecule has 0 radical (unpaired) electrons. The van der Waals surface area contributed by atoms with Crippen LogP contribution in [0.3, 0.4) is 0 Å². The maximum atomic E-state index is 13.4. The smallest absolute Gasteiger partial charge is 0.213 e. The molecule has 1 N–H and O–H groups in total. The molecule has 0 fully saturated rings. The van der Waals surface area contributed by atoms with Gasteiger partial charge in [0.2, 0.25) is 11.8 Å². The number of benzene rings is 1. The van der Waals surface area contributed by atoms with E-state index >= 15 is 0 Å². The van der Waals surface area contributed by atoms with Crippen molar-refractivity contribution in [3.05, 3.63) is 42.3 Å². The Morgan fingerprint density at radius 1 is 1.14 bits per heavy atom. The Balaban J connectivity index is 2.36. The first kappa shape index (κ1) is 14.3. The molecule has 3 aromatic rings. The quantitative estimate of drug-likeness (QED) is 0.734. The number of nitrogens with one attached hydrogen (secondary N) is 1. The number of H-pyrrole nitrogens is 1. The summed E-state index contributed by atoms with van der Waals surface area (Å²) >= 11 is 0. The Bertz CT molecular complexity index is 925. The standard InChI is InChI=1S/C13H10FN5O2S/c1-22(20,21)10-6-2-4-8(9-5-3-7-11(14)15-9)12(10)13-16-18-19-17-13/h2-7H,1H3,(H,16,17,18,19). The normalized spacial score (nSPS) is 11.5. The SMILES string of the molecule is CS(=O)(=O)c1cccc(-c2cccc(F)n2)c1-c1nn[nH]n1. The van der Waals surface area contributed by atoms with Crippen LogP contribution < -0.4 is 0 Å². The van der Waals surface area contributed by atoms with Gasteiger partial charge in [0, 0.05) is 11.8 Å². The highest BCUT2D eigenvalue weighted by atomic mass is 32.2. The van der Waals surface area contributed by atoms with Crippen LogP contribution in [-0.2, 0) is 9.84 Å². The van der Waals surface area contributed by atoms with Crippen molar-refractivity contribution in [2.75, 3.05) is 6.26 Å². The predicted octanol–water partition coefficient (Wildman–Crippen LogP) is 1.47. The molecule has 0 saturated heterocycles. The predicted molar refractivity (Wildman–Crippen MR) is 75.9 cm³/mol. The third-order valence-electron chi connectivity index (χ3n) is 2.99. The molecule has 22 heavy (non-hydrogen) atoms. The molecule has 3 rings (SSSR count). The van der Waals surface area contributed by atoms with E-state index < -0.39 is 15.8 Å². The van der Waals surface area contributed by atoms with E-state index in [-0.39, 0.29) is 22.0 Å². The maximum Gasteiger partial charge on any atom is 0.213 e. The van der Waals surface area contributed by atoms with E-state index in [1.165, 1.54) is 18.2 Å². The molecule has 0 spiro atoms. The lowest BCUT2D eigenvalue weighted by molar-refractivity contribution is 0.585. The number of pyridine rings is 1. The molecule has 7 nitrogen and oxygen atoms in total. The lowest BCUT2D eigenvalue weighted by Crippen LogP contribution is -2.03. The second kappa shape index (κ2) is 5.26. The Labute approximate surface area is 125 Å². The first-order chi connectivity index (χ1) is 10.5. The van der Waals surface area contributed by atoms with Crippen molar-refractivity contribution in [3.8, 4) is 22.6 Å². The van der Waals surface area contributed by atoms with Gasteiger partial charge in [0.15, 0.2) is 9.84 Å². The van der Waals surface area contributed by atoms with Crippen molar-refractivity contribution >= 4 is 9.84 Å². The highest BCUT2D eigenvalue weighted by molar-refractivity contribution is 7.90. The van der Waals surface area contributed by atoms with Gasteiger partial charge in [-0.05, 0) is 23.4 Å². The number of tetrazole rings is 1. The van der Waals surface area contributed by atoms with Gasteiger partial charge in [-0.15, -0.1) is 10.2 Å². The molecule has 0 atom stereocenters. The number of nitrogens with zero attached hydrogens (tertiary/aromatic N) is 4. The summed E-state index contributed by atoms with van der Waals surface area (Å²) in [7, 11) is -3.54. The minimum atomic E-state index is -3.54. The van der Waals surface area contributed by atoms with Gasteiger partial charge in [0.05, 0.1) is 16.2 Å². The minimum absolute atomic E-state index is 0.0254. The topological polar surface area (TPSA) is 101 Å². The molecule has 0 aliphatic rings. The molecular formula is C13H10FN5O2S. The van der Waals surface area contributed by atoms with Crippen molar-refractivity contribution in [2.24, 2.45) is 0 Å². The van der Waals surface area contributed by atoms with Crippen LogP contribution in [-0.4, -0.2) is 40.3 Å². The van der Waals surface area contributed by atoms with Crippen molar-refractivity contribution in [3.63, 3.8) is 0 Å². The average molecular weight is 319 g/mol. The Morgan fingerprint density at radius 2 is 1.91 bits per heavy atom. The Morgan fingerprint density at radius 3 is 2.55 bits per heavy atom. The van der Waals surface area contributed by atoms with E-state index in [2.05, 4.69) is 25.6 Å². The fourth-order valence-electron chi connectivity index (χ4n) is 2.11. The zero-order valence-electron chi connectivity index (χ0n) is 11.4. The fraction of sp³-hybridized carbons (Fsp3) is 0.0769. The number of halogens is 1. The summed E-state index contributed by atoms with van der Waals surface area (Å²) in [6.45, 7) is 0. The van der Waals surface area contributed by atoms with Gasteiger partial charge in [-0.25, -0.2) is 13.4 Å². The van der Waals surface area contributed by atoms with Gasteiger partial charge in [-0.3, -0.25) is 0 Å². The molecule has 2 aromatic heterocycles. The first-order valence-electron chi connectivity index (χ1n) is 6.16. The van der Waals surface area contributed by atoms with Crippen LogP contribution in [0.5, 0.6) is 0 Å². The second-order valence-corrected chi connectivity index (χ2v) is 6.52. The second-order valence-electron chi connectivity index (χ2n) is 4.53. The van der Waals surface area contributed by atoms with E-state index in [0.717, 1.165) is 6.26 Å². The van der Waals surface area contributed by atoms with Crippen LogP contribution in [0.25, 0.3) is 22.6 Å². The molecule has 0 bridgehead atoms. The number of aromatic amines is 1. The van der Waals surface area contributed by atoms with Gasteiger partial charge < -0.3 is 0 Å². The van der Waals surface area contributed by atoms with Gasteiger partial charge in [0.25, 0.3) is 0 Å². The zero-order valence-corrected chi connectivity index (χ0v) is 12.2. The largest absolute Gasteiger partial charge is 0.224 e. The molecule has 0 amide bonds. The van der Waals surface area contributed by atoms with Crippen molar-refractivity contribution in [2.45, 2.75) is 4.90 Å². The molecule has 1 aromatic carbocycles. The Hall–Kier alpha value is -2.68. The fourth-order valence-corrected chi connectivity index (χ4v) is 3.01. The highest BCUT2D eigenvalue weighted by Crippen LogP contribution is 2.34. The van der Waals surface area contributed by atoms with Crippen LogP contribution in [0, 0.1) is 5.95 Å². The summed E-state index contributed by atoms with van der Waals surface area (Å²) in [4.78, 5) is 3.81.